The summed E-state index contributed by atoms with van der Waals surface area (Å²) in [4.78, 5) is 14.2. The second-order valence-electron chi connectivity index (χ2n) is 9.68. The first-order valence-electron chi connectivity index (χ1n) is 11.5. The Hall–Kier alpha value is -2.77. The number of hydrogen-bond acceptors (Lipinski definition) is 4. The van der Waals surface area contributed by atoms with Gasteiger partial charge in [0.2, 0.25) is 5.91 Å². The van der Waals surface area contributed by atoms with Crippen LogP contribution < -0.4 is 9.62 Å². The quantitative estimate of drug-likeness (QED) is 0.373. The molecule has 0 fully saturated rings. The van der Waals surface area contributed by atoms with E-state index < -0.39 is 10.0 Å². The molecule has 186 valence electrons. The first-order chi connectivity index (χ1) is 16.4. The Labute approximate surface area is 214 Å². The van der Waals surface area contributed by atoms with Crippen LogP contribution in [0, 0.1) is 6.92 Å². The van der Waals surface area contributed by atoms with Crippen molar-refractivity contribution in [2.45, 2.75) is 55.9 Å². The lowest BCUT2D eigenvalue weighted by Gasteiger charge is -2.25. The van der Waals surface area contributed by atoms with Gasteiger partial charge in [-0.15, -0.1) is 11.8 Å². The number of carbonyl (C=O) groups is 1. The predicted octanol–water partition coefficient (Wildman–Crippen LogP) is 6.09. The van der Waals surface area contributed by atoms with Gasteiger partial charge in [-0.25, -0.2) is 8.42 Å². The molecule has 0 aliphatic carbocycles. The minimum Gasteiger partial charge on any atom is -0.348 e. The van der Waals surface area contributed by atoms with E-state index in [4.69, 9.17) is 0 Å². The summed E-state index contributed by atoms with van der Waals surface area (Å²) in [5.41, 5.74) is 3.67. The van der Waals surface area contributed by atoms with Crippen molar-refractivity contribution in [3.8, 4) is 0 Å². The van der Waals surface area contributed by atoms with Crippen LogP contribution in [0.5, 0.6) is 0 Å². The van der Waals surface area contributed by atoms with Crippen LogP contribution in [0.2, 0.25) is 0 Å². The van der Waals surface area contributed by atoms with E-state index >= 15 is 0 Å². The summed E-state index contributed by atoms with van der Waals surface area (Å²) >= 11 is 1.54. The number of anilines is 1. The Kier molecular flexibility index (Phi) is 8.34. The smallest absolute Gasteiger partial charge is 0.264 e. The summed E-state index contributed by atoms with van der Waals surface area (Å²) in [7, 11) is -3.95. The first-order valence-corrected chi connectivity index (χ1v) is 14.2. The number of benzene rings is 3. The fourth-order valence-corrected chi connectivity index (χ4v) is 5.50. The van der Waals surface area contributed by atoms with Crippen LogP contribution in [0.3, 0.4) is 0 Å². The summed E-state index contributed by atoms with van der Waals surface area (Å²) in [6.07, 6.45) is 1.93. The number of nitrogens with zero attached hydrogens (tertiary/aromatic N) is 1. The van der Waals surface area contributed by atoms with Crippen molar-refractivity contribution < 1.29 is 13.2 Å². The van der Waals surface area contributed by atoms with E-state index in [0.29, 0.717) is 5.69 Å². The Bertz CT molecular complexity index is 1250. The monoisotopic (exact) mass is 510 g/mol. The van der Waals surface area contributed by atoms with Gasteiger partial charge in [-0.05, 0) is 73.0 Å². The van der Waals surface area contributed by atoms with Gasteiger partial charge in [0.1, 0.15) is 6.54 Å². The summed E-state index contributed by atoms with van der Waals surface area (Å²) in [5.74, 6) is -0.373. The van der Waals surface area contributed by atoms with E-state index in [1.807, 2.05) is 44.4 Å². The molecule has 0 saturated carbocycles. The van der Waals surface area contributed by atoms with Gasteiger partial charge in [0.05, 0.1) is 16.6 Å². The van der Waals surface area contributed by atoms with Crippen LogP contribution in [-0.4, -0.2) is 27.1 Å². The first kappa shape index (κ1) is 26.8. The molecule has 3 rings (SSSR count). The topological polar surface area (TPSA) is 66.5 Å². The molecule has 3 aromatic carbocycles. The van der Waals surface area contributed by atoms with Crippen LogP contribution in [-0.2, 0) is 20.2 Å². The van der Waals surface area contributed by atoms with Crippen molar-refractivity contribution in [3.63, 3.8) is 0 Å². The highest BCUT2D eigenvalue weighted by molar-refractivity contribution is 7.98. The molecule has 0 aliphatic heterocycles. The molecule has 0 unspecified atom stereocenters. The third kappa shape index (κ3) is 6.67. The third-order valence-corrected chi connectivity index (χ3v) is 8.44. The highest BCUT2D eigenvalue weighted by Crippen LogP contribution is 2.27. The van der Waals surface area contributed by atoms with Gasteiger partial charge in [0, 0.05) is 4.90 Å². The van der Waals surface area contributed by atoms with Gasteiger partial charge >= 0.3 is 0 Å². The van der Waals surface area contributed by atoms with Gasteiger partial charge in [0.25, 0.3) is 10.0 Å². The van der Waals surface area contributed by atoms with E-state index in [1.165, 1.54) is 21.6 Å². The van der Waals surface area contributed by atoms with E-state index in [9.17, 15) is 13.2 Å². The van der Waals surface area contributed by atoms with Crippen LogP contribution in [0.4, 0.5) is 5.69 Å². The van der Waals surface area contributed by atoms with E-state index in [1.54, 1.807) is 36.4 Å². The Morgan fingerprint density at radius 2 is 1.51 bits per heavy atom. The summed E-state index contributed by atoms with van der Waals surface area (Å²) in [6, 6.07) is 21.7. The zero-order valence-corrected chi connectivity index (χ0v) is 22.8. The van der Waals surface area contributed by atoms with Crippen molar-refractivity contribution >= 4 is 33.4 Å². The van der Waals surface area contributed by atoms with Gasteiger partial charge in [0.15, 0.2) is 0 Å². The number of aryl methyl sites for hydroxylation is 1. The number of thioether (sulfide) groups is 1. The Morgan fingerprint density at radius 3 is 2.03 bits per heavy atom. The molecule has 0 aromatic heterocycles. The largest absolute Gasteiger partial charge is 0.348 e. The predicted molar refractivity (Wildman–Crippen MR) is 146 cm³/mol. The number of amides is 1. The van der Waals surface area contributed by atoms with E-state index in [2.05, 4.69) is 38.2 Å². The minimum atomic E-state index is -3.95. The second kappa shape index (κ2) is 10.9. The molecular weight excluding hydrogens is 476 g/mol. The lowest BCUT2D eigenvalue weighted by molar-refractivity contribution is -0.120. The molecule has 0 heterocycles. The average Bonchev–Trinajstić information content (AvgIpc) is 2.82. The Morgan fingerprint density at radius 1 is 0.943 bits per heavy atom. The van der Waals surface area contributed by atoms with Gasteiger partial charge in [-0.1, -0.05) is 62.7 Å². The standard InChI is InChI=1S/C28H34N2O3S2/c1-20-7-13-24(14-8-20)30(35(32,33)26-17-15-25(34-6)16-18-26)19-27(31)29-21(2)22-9-11-23(12-10-22)28(3,4)5/h7-18,21H,19H2,1-6H3,(H,29,31)/t21-/m1/s1. The van der Waals surface area contributed by atoms with Crippen molar-refractivity contribution in [2.75, 3.05) is 17.1 Å². The second-order valence-corrected chi connectivity index (χ2v) is 12.4. The van der Waals surface area contributed by atoms with Gasteiger partial charge < -0.3 is 5.32 Å². The maximum atomic E-state index is 13.6. The molecule has 0 aliphatic rings. The maximum Gasteiger partial charge on any atom is 0.264 e. The van der Waals surface area contributed by atoms with Crippen LogP contribution in [0.1, 0.15) is 50.4 Å². The lowest BCUT2D eigenvalue weighted by Crippen LogP contribution is -2.41. The van der Waals surface area contributed by atoms with Crippen LogP contribution in [0.25, 0.3) is 0 Å². The van der Waals surface area contributed by atoms with E-state index in [-0.39, 0.29) is 28.8 Å². The molecule has 3 aromatic rings. The van der Waals surface area contributed by atoms with Crippen LogP contribution >= 0.6 is 11.8 Å². The summed E-state index contributed by atoms with van der Waals surface area (Å²) in [5, 5.41) is 2.96. The normalized spacial score (nSPS) is 12.7. The van der Waals surface area contributed by atoms with Crippen molar-refractivity contribution in [1.82, 2.24) is 5.32 Å². The fourth-order valence-electron chi connectivity index (χ4n) is 3.67. The number of rotatable bonds is 8. The molecule has 7 heteroatoms. The molecule has 5 nitrogen and oxygen atoms in total. The van der Waals surface area contributed by atoms with E-state index in [0.717, 1.165) is 16.0 Å². The Balaban J connectivity index is 1.84. The zero-order valence-electron chi connectivity index (χ0n) is 21.2. The van der Waals surface area contributed by atoms with Gasteiger partial charge in [-0.2, -0.15) is 0 Å². The fraction of sp³-hybridized carbons (Fsp3) is 0.321. The maximum absolute atomic E-state index is 13.6. The molecule has 1 amide bonds. The third-order valence-electron chi connectivity index (χ3n) is 5.91. The van der Waals surface area contributed by atoms with Crippen molar-refractivity contribution in [1.29, 1.82) is 0 Å². The summed E-state index contributed by atoms with van der Waals surface area (Å²) in [6.45, 7) is 9.98. The van der Waals surface area contributed by atoms with Gasteiger partial charge in [-0.3, -0.25) is 9.10 Å². The SMILES string of the molecule is CSc1ccc(S(=O)(=O)N(CC(=O)N[C@H](C)c2ccc(C(C)(C)C)cc2)c2ccc(C)cc2)cc1. The molecule has 0 bridgehead atoms. The molecular formula is C28H34N2O3S2. The molecule has 1 atom stereocenters. The molecule has 35 heavy (non-hydrogen) atoms. The average molecular weight is 511 g/mol. The number of hydrogen-bond donors (Lipinski definition) is 1. The number of nitrogens with one attached hydrogen (secondary N) is 1. The molecule has 1 N–H and O–H groups in total. The van der Waals surface area contributed by atoms with Crippen LogP contribution in [0.15, 0.2) is 82.6 Å². The minimum absolute atomic E-state index is 0.0436. The molecule has 0 saturated heterocycles. The molecule has 0 radical (unpaired) electrons. The summed E-state index contributed by atoms with van der Waals surface area (Å²) < 4.78 is 28.3. The number of carbonyl (C=O) groups excluding carboxylic acids is 1. The highest BCUT2D eigenvalue weighted by atomic mass is 32.2. The molecule has 0 spiro atoms. The number of sulfonamides is 1. The zero-order chi connectivity index (χ0) is 25.8. The van der Waals surface area contributed by atoms with Crippen molar-refractivity contribution in [3.05, 3.63) is 89.5 Å². The van der Waals surface area contributed by atoms with Crippen molar-refractivity contribution in [2.24, 2.45) is 0 Å². The highest BCUT2D eigenvalue weighted by Gasteiger charge is 2.28. The lowest BCUT2D eigenvalue weighted by atomic mass is 9.86.